The average molecular weight is 1630 g/mol. The van der Waals surface area contributed by atoms with Crippen LogP contribution in [0.4, 0.5) is 75.5 Å². The van der Waals surface area contributed by atoms with Crippen molar-refractivity contribution in [2.75, 3.05) is 106 Å². The third-order valence-corrected chi connectivity index (χ3v) is 13.8. The minimum absolute atomic E-state index is 0.186. The van der Waals surface area contributed by atoms with Crippen LogP contribution in [0.5, 0.6) is 23.0 Å². The van der Waals surface area contributed by atoms with Gasteiger partial charge in [-0.1, -0.05) is 25.0 Å². The maximum atomic E-state index is 13.5. The maximum absolute atomic E-state index is 13.5. The Kier molecular flexibility index (Phi) is 34.3. The molecule has 0 bridgehead atoms. The summed E-state index contributed by atoms with van der Waals surface area (Å²) in [5.74, 6) is -0.295. The summed E-state index contributed by atoms with van der Waals surface area (Å²) in [5, 5.41) is 7.06. The number of aryl methyl sites for hydroxylation is 3. The van der Waals surface area contributed by atoms with Crippen molar-refractivity contribution in [2.45, 2.75) is 129 Å². The number of quaternary nitrogens is 1. The van der Waals surface area contributed by atoms with Crippen molar-refractivity contribution in [1.82, 2.24) is 14.8 Å². The number of esters is 4. The van der Waals surface area contributed by atoms with Crippen molar-refractivity contribution in [3.05, 3.63) is 90.0 Å². The molecule has 1 saturated heterocycles. The first kappa shape index (κ1) is 93.3. The molecule has 0 unspecified atom stereocenters. The fourth-order valence-electron chi connectivity index (χ4n) is 9.64. The SMILES string of the molecule is CC(=O)OC[C@H]1O[C@H]([n+]2ccc(C(=O)N(C)CCCCCC[n+]3cc(CCCCCC[NH2+]Cc4ccc5c(c4)OCCOCCOCCOc4ccccc4OCCOCCOCCO5)n(C)n3)cc2)[C@@H](OC(C)=O)[C@@H](OC(C)=O)[C@@H]1OC(C)=O.F[P-](F)(F)(F)(F)F.F[P-](F)(F)(F)(F)F.F[P-](F)(F)(F)(F)F. The van der Waals surface area contributed by atoms with Crippen LogP contribution in [0.25, 0.3) is 0 Å². The van der Waals surface area contributed by atoms with E-state index in [9.17, 15) is 99.5 Å². The molecule has 2 aromatic carbocycles. The topological polar surface area (TPSA) is 251 Å². The molecule has 6 rings (SSSR count). The first-order valence-corrected chi connectivity index (χ1v) is 38.7. The number of ether oxygens (including phenoxy) is 13. The van der Waals surface area contributed by atoms with Gasteiger partial charge in [-0.15, -0.1) is 9.36 Å². The number of unbranched alkanes of at least 4 members (excludes halogenated alkanes) is 6. The normalized spacial score (nSPS) is 20.1. The molecule has 2 aliphatic heterocycles. The molecule has 106 heavy (non-hydrogen) atoms. The van der Waals surface area contributed by atoms with Gasteiger partial charge in [0.25, 0.3) is 5.91 Å². The first-order valence-electron chi connectivity index (χ1n) is 32.6. The minimum atomic E-state index is -10.7. The number of carbonyl (C=O) groups excluding carboxylic acids is 5. The average Bonchev–Trinajstić information content (AvgIpc) is 0.783. The van der Waals surface area contributed by atoms with E-state index in [2.05, 4.69) is 23.6 Å². The number of nitrogens with zero attached hydrogens (tertiary/aromatic N) is 5. The van der Waals surface area contributed by atoms with Gasteiger partial charge >= 0.3 is 129 Å². The van der Waals surface area contributed by atoms with Crippen molar-refractivity contribution >= 4 is 53.2 Å². The van der Waals surface area contributed by atoms with Crippen LogP contribution in [0, 0.1) is 0 Å². The number of amides is 1. The van der Waals surface area contributed by atoms with Crippen molar-refractivity contribution in [1.29, 1.82) is 0 Å². The number of halogens is 18. The van der Waals surface area contributed by atoms with Crippen LogP contribution in [0.2, 0.25) is 0 Å². The van der Waals surface area contributed by atoms with Gasteiger partial charge in [-0.3, -0.25) is 24.0 Å². The number of hydrogen-bond acceptors (Lipinski definition) is 19. The third-order valence-electron chi connectivity index (χ3n) is 13.8. The molecule has 0 radical (unpaired) electrons. The molecule has 24 nitrogen and oxygen atoms in total. The Morgan fingerprint density at radius 1 is 0.528 bits per heavy atom. The molecular formula is C61H89F18N6O18P3. The van der Waals surface area contributed by atoms with Gasteiger partial charge in [0.05, 0.1) is 70.2 Å². The summed E-state index contributed by atoms with van der Waals surface area (Å²) in [7, 11) is -28.2. The zero-order chi connectivity index (χ0) is 79.8. The summed E-state index contributed by atoms with van der Waals surface area (Å²) in [6, 6.07) is 16.9. The number of carbonyl (C=O) groups is 5. The van der Waals surface area contributed by atoms with Crippen LogP contribution >= 0.6 is 23.4 Å². The predicted octanol–water partition coefficient (Wildman–Crippen LogP) is 13.9. The molecule has 1 amide bonds. The van der Waals surface area contributed by atoms with E-state index in [-0.39, 0.29) is 12.5 Å². The number of para-hydroxylation sites is 2. The summed E-state index contributed by atoms with van der Waals surface area (Å²) < 4.78 is 258. The van der Waals surface area contributed by atoms with Crippen LogP contribution in [0.15, 0.2) is 73.2 Å². The Labute approximate surface area is 597 Å². The number of rotatable bonds is 23. The van der Waals surface area contributed by atoms with Gasteiger partial charge in [-0.05, 0) is 68.9 Å². The summed E-state index contributed by atoms with van der Waals surface area (Å²) in [6.45, 7) is 12.5. The van der Waals surface area contributed by atoms with Gasteiger partial charge < -0.3 is 71.8 Å². The van der Waals surface area contributed by atoms with Gasteiger partial charge in [-0.2, -0.15) is 4.57 Å². The first-order chi connectivity index (χ1) is 48.6. The molecule has 2 N–H and O–H groups in total. The van der Waals surface area contributed by atoms with E-state index < -0.39 is 77.9 Å². The van der Waals surface area contributed by atoms with E-state index in [1.165, 1.54) is 19.5 Å². The number of hydrogen-bond donors (Lipinski definition) is 1. The van der Waals surface area contributed by atoms with Gasteiger partial charge in [0, 0.05) is 65.4 Å². The van der Waals surface area contributed by atoms with Gasteiger partial charge in [0.15, 0.2) is 59.5 Å². The molecule has 45 heteroatoms. The Hall–Kier alpha value is -6.93. The predicted molar refractivity (Wildman–Crippen MR) is 344 cm³/mol. The Morgan fingerprint density at radius 2 is 0.953 bits per heavy atom. The Balaban J connectivity index is 0.00000121. The number of benzene rings is 2. The molecule has 1 fully saturated rings. The van der Waals surface area contributed by atoms with Crippen LogP contribution in [0.3, 0.4) is 0 Å². The second-order valence-electron chi connectivity index (χ2n) is 23.6. The van der Waals surface area contributed by atoms with E-state index in [4.69, 9.17) is 66.8 Å². The standard InChI is InChI=1S/C61H88N6O18.3F6P/c1-45(68)81-44-56-57(82-46(2)69)58(83-47(3)70)59(84-48(4)71)61(85-56)66-27-22-50(23-28-66)60(72)64(5)25-15-9-10-16-26-67-43-51(65(6)63-67)17-11-7-8-14-24-62-42-49-20-21-54-55(41-49)80-40-36-76-32-31-74-34-38-78-53-19-13-12-18-52(53)77-37-33-73-29-30-75-35-39-79-54;3*1-7(2,3,4,5)6/h12-13,18-23,27-28,41,43,56-59,61-62H,7-11,14-17,24-26,29-40,42,44H2,1-6H3;;;/q+2;3*-1/p+1/t56-,57-,58+,59+,61+;;;/m1.../s1. The van der Waals surface area contributed by atoms with Gasteiger partial charge in [0.1, 0.15) is 59.3 Å². The van der Waals surface area contributed by atoms with E-state index in [1.807, 2.05) is 46.7 Å². The molecule has 2 aromatic heterocycles. The van der Waals surface area contributed by atoms with Crippen LogP contribution in [0.1, 0.15) is 107 Å². The van der Waals surface area contributed by atoms with Gasteiger partial charge in [0.2, 0.25) is 6.10 Å². The number of fused-ring (bicyclic) bond motifs is 2. The third kappa shape index (κ3) is 49.8. The molecule has 612 valence electrons. The van der Waals surface area contributed by atoms with Crippen LogP contribution in [-0.4, -0.2) is 175 Å². The van der Waals surface area contributed by atoms with E-state index in [0.29, 0.717) is 114 Å². The fourth-order valence-corrected chi connectivity index (χ4v) is 9.64. The van der Waals surface area contributed by atoms with Crippen LogP contribution < -0.4 is 33.5 Å². The monoisotopic (exact) mass is 1630 g/mol. The molecule has 0 spiro atoms. The van der Waals surface area contributed by atoms with Gasteiger partial charge in [-0.25, -0.2) is 0 Å². The molecule has 4 aromatic rings. The Morgan fingerprint density at radius 3 is 1.43 bits per heavy atom. The summed E-state index contributed by atoms with van der Waals surface area (Å²) in [4.78, 5) is 63.6. The van der Waals surface area contributed by atoms with Crippen LogP contribution in [-0.2, 0) is 88.4 Å². The molecule has 0 saturated carbocycles. The second kappa shape index (κ2) is 38.9. The number of pyridine rings is 1. The van der Waals surface area contributed by atoms with E-state index in [0.717, 1.165) is 96.8 Å². The Bertz CT molecular complexity index is 3320. The molecule has 4 heterocycles. The molecule has 5 atom stereocenters. The van der Waals surface area contributed by atoms with Crippen molar-refractivity contribution in [3.8, 4) is 23.0 Å². The van der Waals surface area contributed by atoms with Crippen molar-refractivity contribution in [3.63, 3.8) is 0 Å². The van der Waals surface area contributed by atoms with E-state index >= 15 is 0 Å². The molecule has 0 aliphatic carbocycles. The quantitative estimate of drug-likeness (QED) is 0.0181. The number of nitrogens with two attached hydrogens (primary N) is 1. The number of aromatic nitrogens is 4. The van der Waals surface area contributed by atoms with Crippen molar-refractivity contribution < 1.29 is 176 Å². The van der Waals surface area contributed by atoms with Crippen molar-refractivity contribution in [2.24, 2.45) is 7.05 Å². The van der Waals surface area contributed by atoms with E-state index in [1.54, 1.807) is 41.0 Å². The zero-order valence-corrected chi connectivity index (χ0v) is 61.2. The summed E-state index contributed by atoms with van der Waals surface area (Å²) >= 11 is 0. The zero-order valence-electron chi connectivity index (χ0n) is 58.5. The molecule has 2 aliphatic rings. The molecular weight excluding hydrogens is 1540 g/mol. The summed E-state index contributed by atoms with van der Waals surface area (Å²) in [6.07, 6.45) is 8.37. The summed E-state index contributed by atoms with van der Waals surface area (Å²) in [5.41, 5.74) is 2.77. The fraction of sp³-hybridized carbons (Fsp3) is 0.607. The second-order valence-corrected chi connectivity index (χ2v) is 29.3.